The lowest BCUT2D eigenvalue weighted by Gasteiger charge is -2.11. The Labute approximate surface area is 185 Å². The average molecular weight is 452 g/mol. The van der Waals surface area contributed by atoms with Crippen LogP contribution in [0.25, 0.3) is 21.9 Å². The van der Waals surface area contributed by atoms with Gasteiger partial charge in [-0.25, -0.2) is 13.2 Å². The van der Waals surface area contributed by atoms with Crippen LogP contribution in [-0.2, 0) is 14.8 Å². The fraction of sp³-hybridized carbons (Fsp3) is 0.125. The molecule has 0 saturated carbocycles. The summed E-state index contributed by atoms with van der Waals surface area (Å²) >= 11 is 1.16. The zero-order chi connectivity index (χ0) is 22.0. The van der Waals surface area contributed by atoms with Crippen molar-refractivity contribution < 1.29 is 17.9 Å². The van der Waals surface area contributed by atoms with Crippen molar-refractivity contribution in [3.05, 3.63) is 83.2 Å². The second-order valence-corrected chi connectivity index (χ2v) is 9.62. The molecule has 0 saturated heterocycles. The van der Waals surface area contributed by atoms with Gasteiger partial charge in [-0.1, -0.05) is 60.2 Å². The molecule has 0 radical (unpaired) electrons. The van der Waals surface area contributed by atoms with Gasteiger partial charge in [0.2, 0.25) is 0 Å². The van der Waals surface area contributed by atoms with E-state index in [1.54, 1.807) is 30.5 Å². The number of fused-ring (bicyclic) bond motifs is 1. The van der Waals surface area contributed by atoms with Crippen LogP contribution in [0.3, 0.4) is 0 Å². The molecule has 0 aliphatic carbocycles. The van der Waals surface area contributed by atoms with Crippen molar-refractivity contribution in [2.45, 2.75) is 18.7 Å². The number of esters is 1. The Morgan fingerprint density at radius 3 is 2.42 bits per heavy atom. The third-order valence-corrected chi connectivity index (χ3v) is 7.26. The number of thiophene rings is 1. The monoisotopic (exact) mass is 451 g/mol. The number of hydrogen-bond donors (Lipinski definition) is 1. The molecule has 31 heavy (non-hydrogen) atoms. The number of ether oxygens (including phenoxy) is 1. The normalized spacial score (nSPS) is 11.4. The van der Waals surface area contributed by atoms with Gasteiger partial charge in [0.15, 0.2) is 0 Å². The van der Waals surface area contributed by atoms with Gasteiger partial charge in [0.25, 0.3) is 10.0 Å². The molecule has 0 bridgehead atoms. The van der Waals surface area contributed by atoms with Crippen LogP contribution in [0.1, 0.15) is 22.8 Å². The number of carbonyl (C=O) groups is 1. The first-order valence-electron chi connectivity index (χ1n) is 9.76. The molecule has 0 fully saturated rings. The molecule has 1 N–H and O–H groups in total. The minimum Gasteiger partial charge on any atom is -0.462 e. The number of sulfonamides is 1. The predicted octanol–water partition coefficient (Wildman–Crippen LogP) is 5.85. The van der Waals surface area contributed by atoms with Gasteiger partial charge >= 0.3 is 5.97 Å². The minimum absolute atomic E-state index is 0.131. The molecule has 0 atom stereocenters. The van der Waals surface area contributed by atoms with E-state index in [0.29, 0.717) is 5.56 Å². The van der Waals surface area contributed by atoms with Crippen molar-refractivity contribution >= 4 is 43.1 Å². The van der Waals surface area contributed by atoms with Crippen LogP contribution in [-0.4, -0.2) is 21.0 Å². The molecule has 3 aromatic carbocycles. The fourth-order valence-electron chi connectivity index (χ4n) is 3.30. The van der Waals surface area contributed by atoms with E-state index in [1.165, 1.54) is 0 Å². The largest absolute Gasteiger partial charge is 0.462 e. The molecule has 4 aromatic rings. The van der Waals surface area contributed by atoms with Crippen molar-refractivity contribution in [1.82, 2.24) is 0 Å². The van der Waals surface area contributed by atoms with Crippen molar-refractivity contribution in [3.63, 3.8) is 0 Å². The number of aryl methyl sites for hydroxylation is 1. The zero-order valence-corrected chi connectivity index (χ0v) is 18.7. The van der Waals surface area contributed by atoms with Crippen LogP contribution in [0.5, 0.6) is 0 Å². The van der Waals surface area contributed by atoms with Gasteiger partial charge in [0.1, 0.15) is 10.6 Å². The number of nitrogens with one attached hydrogen (secondary N) is 1. The molecule has 4 rings (SSSR count). The molecule has 0 spiro atoms. The van der Waals surface area contributed by atoms with Gasteiger partial charge in [0, 0.05) is 10.9 Å². The van der Waals surface area contributed by atoms with E-state index in [2.05, 4.69) is 4.72 Å². The lowest BCUT2D eigenvalue weighted by atomic mass is 10.0. The van der Waals surface area contributed by atoms with Gasteiger partial charge in [-0.3, -0.25) is 4.72 Å². The van der Waals surface area contributed by atoms with Crippen LogP contribution >= 0.6 is 11.3 Å². The highest BCUT2D eigenvalue weighted by Crippen LogP contribution is 2.37. The summed E-state index contributed by atoms with van der Waals surface area (Å²) in [5.74, 6) is -0.560. The summed E-state index contributed by atoms with van der Waals surface area (Å²) in [6, 6.07) is 20.2. The first-order chi connectivity index (χ1) is 14.9. The maximum Gasteiger partial charge on any atom is 0.341 e. The second kappa shape index (κ2) is 8.53. The molecule has 0 aliphatic heterocycles. The predicted molar refractivity (Wildman–Crippen MR) is 125 cm³/mol. The highest BCUT2D eigenvalue weighted by molar-refractivity contribution is 7.93. The molecule has 5 nitrogen and oxygen atoms in total. The van der Waals surface area contributed by atoms with E-state index >= 15 is 0 Å². The molecule has 1 heterocycles. The van der Waals surface area contributed by atoms with Crippen LogP contribution in [0.15, 0.2) is 77.0 Å². The SMILES string of the molecule is CCOC(=O)c1c(-c2ccc(C)cc2)csc1NS(=O)(=O)c1ccc2ccccc2c1. The summed E-state index contributed by atoms with van der Waals surface area (Å²) in [6.45, 7) is 3.89. The van der Waals surface area contributed by atoms with Gasteiger partial charge in [-0.05, 0) is 42.3 Å². The summed E-state index contributed by atoms with van der Waals surface area (Å²) in [4.78, 5) is 12.9. The van der Waals surface area contributed by atoms with E-state index in [0.717, 1.165) is 33.2 Å². The van der Waals surface area contributed by atoms with Gasteiger partial charge in [-0.2, -0.15) is 0 Å². The lowest BCUT2D eigenvalue weighted by Crippen LogP contribution is -2.15. The maximum atomic E-state index is 13.1. The van der Waals surface area contributed by atoms with Crippen molar-refractivity contribution in [3.8, 4) is 11.1 Å². The summed E-state index contributed by atoms with van der Waals surface area (Å²) in [5.41, 5.74) is 2.77. The number of rotatable bonds is 6. The third kappa shape index (κ3) is 4.33. The molecule has 158 valence electrons. The first-order valence-corrected chi connectivity index (χ1v) is 12.1. The Morgan fingerprint density at radius 1 is 1.00 bits per heavy atom. The molecule has 0 amide bonds. The highest BCUT2D eigenvalue weighted by atomic mass is 32.2. The Bertz CT molecular complexity index is 1360. The Morgan fingerprint density at radius 2 is 1.71 bits per heavy atom. The molecule has 0 unspecified atom stereocenters. The minimum atomic E-state index is -3.90. The zero-order valence-electron chi connectivity index (χ0n) is 17.1. The van der Waals surface area contributed by atoms with Crippen molar-refractivity contribution in [2.75, 3.05) is 11.3 Å². The standard InChI is InChI=1S/C24H21NO4S2/c1-3-29-24(26)22-21(18-10-8-16(2)9-11-18)15-30-23(22)25-31(27,28)20-13-12-17-6-4-5-7-19(17)14-20/h4-15,25H,3H2,1-2H3. The molecular formula is C24H21NO4S2. The van der Waals surface area contributed by atoms with Crippen molar-refractivity contribution in [1.29, 1.82) is 0 Å². The molecular weight excluding hydrogens is 430 g/mol. The van der Waals surface area contributed by atoms with Crippen LogP contribution < -0.4 is 4.72 Å². The Kier molecular flexibility index (Phi) is 5.80. The van der Waals surface area contributed by atoms with E-state index in [9.17, 15) is 13.2 Å². The van der Waals surface area contributed by atoms with Gasteiger partial charge < -0.3 is 4.74 Å². The van der Waals surface area contributed by atoms with E-state index < -0.39 is 16.0 Å². The van der Waals surface area contributed by atoms with Gasteiger partial charge in [-0.15, -0.1) is 11.3 Å². The van der Waals surface area contributed by atoms with E-state index in [-0.39, 0.29) is 22.1 Å². The summed E-state index contributed by atoms with van der Waals surface area (Å²) < 4.78 is 34.0. The number of hydrogen-bond acceptors (Lipinski definition) is 5. The smallest absolute Gasteiger partial charge is 0.341 e. The van der Waals surface area contributed by atoms with Crippen molar-refractivity contribution in [2.24, 2.45) is 0 Å². The van der Waals surface area contributed by atoms with Crippen LogP contribution in [0.2, 0.25) is 0 Å². The number of benzene rings is 3. The van der Waals surface area contributed by atoms with E-state index in [1.807, 2.05) is 55.5 Å². The lowest BCUT2D eigenvalue weighted by molar-refractivity contribution is 0.0529. The summed E-state index contributed by atoms with van der Waals surface area (Å²) in [7, 11) is -3.90. The summed E-state index contributed by atoms with van der Waals surface area (Å²) in [5, 5.41) is 3.78. The molecule has 7 heteroatoms. The van der Waals surface area contributed by atoms with Crippen LogP contribution in [0, 0.1) is 6.92 Å². The summed E-state index contributed by atoms with van der Waals surface area (Å²) in [6.07, 6.45) is 0. The topological polar surface area (TPSA) is 72.5 Å². The Hall–Kier alpha value is -3.16. The molecule has 0 aliphatic rings. The fourth-order valence-corrected chi connectivity index (χ4v) is 5.62. The number of carbonyl (C=O) groups excluding carboxylic acids is 1. The van der Waals surface area contributed by atoms with Crippen LogP contribution in [0.4, 0.5) is 5.00 Å². The van der Waals surface area contributed by atoms with Gasteiger partial charge in [0.05, 0.1) is 11.5 Å². The third-order valence-electron chi connectivity index (χ3n) is 4.89. The first kappa shape index (κ1) is 21.1. The average Bonchev–Trinajstić information content (AvgIpc) is 3.17. The van der Waals surface area contributed by atoms with E-state index in [4.69, 9.17) is 4.74 Å². The Balaban J connectivity index is 1.76. The number of anilines is 1. The second-order valence-electron chi connectivity index (χ2n) is 7.05. The molecule has 1 aromatic heterocycles. The quantitative estimate of drug-likeness (QED) is 0.373. The highest BCUT2D eigenvalue weighted by Gasteiger charge is 2.25. The maximum absolute atomic E-state index is 13.1.